The van der Waals surface area contributed by atoms with Crippen molar-refractivity contribution in [3.05, 3.63) is 64.5 Å². The molecule has 1 heterocycles. The molecule has 0 bridgehead atoms. The molecule has 0 aliphatic rings. The van der Waals surface area contributed by atoms with Crippen LogP contribution in [0.4, 0.5) is 0 Å². The molecule has 0 aliphatic carbocycles. The lowest BCUT2D eigenvalue weighted by molar-refractivity contribution is -0.140. The monoisotopic (exact) mass is 433 g/mol. The highest BCUT2D eigenvalue weighted by Gasteiger charge is 2.26. The molecule has 29 heavy (non-hydrogen) atoms. The van der Waals surface area contributed by atoms with Crippen LogP contribution in [0.3, 0.4) is 0 Å². The second-order valence-corrected chi connectivity index (χ2v) is 7.60. The van der Waals surface area contributed by atoms with Crippen LogP contribution < -0.4 is 4.74 Å². The van der Waals surface area contributed by atoms with Crippen LogP contribution in [0, 0.1) is 0 Å². The second kappa shape index (κ2) is 9.29. The lowest BCUT2D eigenvalue weighted by atomic mass is 10.2. The summed E-state index contributed by atoms with van der Waals surface area (Å²) < 4.78 is 11.5. The van der Waals surface area contributed by atoms with Crippen LogP contribution in [-0.4, -0.2) is 33.2 Å². The van der Waals surface area contributed by atoms with Gasteiger partial charge in [0.15, 0.2) is 6.10 Å². The summed E-state index contributed by atoms with van der Waals surface area (Å²) in [5, 5.41) is 9.24. The van der Waals surface area contributed by atoms with Crippen molar-refractivity contribution >= 4 is 29.1 Å². The van der Waals surface area contributed by atoms with Gasteiger partial charge < -0.3 is 14.1 Å². The van der Waals surface area contributed by atoms with E-state index in [2.05, 4.69) is 10.2 Å². The summed E-state index contributed by atoms with van der Waals surface area (Å²) in [4.78, 5) is 14.6. The third kappa shape index (κ3) is 5.28. The highest BCUT2D eigenvalue weighted by Crippen LogP contribution is 2.26. The number of hydrogen-bond donors (Lipinski definition) is 0. The van der Waals surface area contributed by atoms with Crippen molar-refractivity contribution in [1.82, 2.24) is 15.1 Å². The fourth-order valence-corrected chi connectivity index (χ4v) is 3.07. The van der Waals surface area contributed by atoms with Crippen LogP contribution in [0.15, 0.2) is 52.9 Å². The van der Waals surface area contributed by atoms with Crippen molar-refractivity contribution in [3.63, 3.8) is 0 Å². The SMILES string of the molecule is CC(Oc1ccc(Cl)cc1)C(=O)N(Cc1nnc(-c2ccccc2Cl)o1)C(C)C. The summed E-state index contributed by atoms with van der Waals surface area (Å²) >= 11 is 12.1. The minimum atomic E-state index is -0.690. The van der Waals surface area contributed by atoms with Crippen molar-refractivity contribution in [3.8, 4) is 17.2 Å². The zero-order valence-electron chi connectivity index (χ0n) is 16.3. The molecule has 1 unspecified atom stereocenters. The predicted molar refractivity (Wildman–Crippen MR) is 112 cm³/mol. The van der Waals surface area contributed by atoms with E-state index in [0.29, 0.717) is 33.1 Å². The average molecular weight is 434 g/mol. The first-order valence-electron chi connectivity index (χ1n) is 9.15. The third-order valence-corrected chi connectivity index (χ3v) is 4.84. The summed E-state index contributed by atoms with van der Waals surface area (Å²) in [5.41, 5.74) is 0.648. The van der Waals surface area contributed by atoms with Gasteiger partial charge in [0.1, 0.15) is 5.75 Å². The molecule has 152 valence electrons. The Hall–Kier alpha value is -2.57. The molecule has 1 aromatic heterocycles. The van der Waals surface area contributed by atoms with Crippen molar-refractivity contribution in [1.29, 1.82) is 0 Å². The number of amides is 1. The van der Waals surface area contributed by atoms with Crippen molar-refractivity contribution in [2.45, 2.75) is 39.5 Å². The van der Waals surface area contributed by atoms with Gasteiger partial charge in [-0.1, -0.05) is 35.3 Å². The van der Waals surface area contributed by atoms with E-state index in [9.17, 15) is 4.79 Å². The number of benzene rings is 2. The average Bonchev–Trinajstić information content (AvgIpc) is 3.16. The minimum absolute atomic E-state index is 0.0885. The van der Waals surface area contributed by atoms with E-state index in [0.717, 1.165) is 0 Å². The van der Waals surface area contributed by atoms with Gasteiger partial charge in [0.25, 0.3) is 5.91 Å². The van der Waals surface area contributed by atoms with E-state index in [-0.39, 0.29) is 18.5 Å². The van der Waals surface area contributed by atoms with E-state index >= 15 is 0 Å². The molecule has 3 rings (SSSR count). The predicted octanol–water partition coefficient (Wildman–Crippen LogP) is 5.25. The summed E-state index contributed by atoms with van der Waals surface area (Å²) in [7, 11) is 0. The maximum atomic E-state index is 13.0. The second-order valence-electron chi connectivity index (χ2n) is 6.75. The van der Waals surface area contributed by atoms with Crippen LogP contribution in [0.2, 0.25) is 10.0 Å². The number of aromatic nitrogens is 2. The Labute approximate surface area is 179 Å². The molecule has 0 radical (unpaired) electrons. The number of halogens is 2. The van der Waals surface area contributed by atoms with E-state index in [1.807, 2.05) is 26.0 Å². The molecule has 1 amide bonds. The van der Waals surface area contributed by atoms with Gasteiger partial charge in [-0.25, -0.2) is 0 Å². The van der Waals surface area contributed by atoms with E-state index in [4.69, 9.17) is 32.4 Å². The van der Waals surface area contributed by atoms with Crippen molar-refractivity contribution in [2.75, 3.05) is 0 Å². The zero-order valence-corrected chi connectivity index (χ0v) is 17.8. The van der Waals surface area contributed by atoms with Gasteiger partial charge in [0, 0.05) is 11.1 Å². The number of ether oxygens (including phenoxy) is 1. The summed E-state index contributed by atoms with van der Waals surface area (Å²) in [6.45, 7) is 5.70. The lowest BCUT2D eigenvalue weighted by Crippen LogP contribution is -2.43. The Kier molecular flexibility index (Phi) is 6.77. The molecule has 0 aliphatic heterocycles. The number of rotatable bonds is 7. The lowest BCUT2D eigenvalue weighted by Gasteiger charge is -2.28. The fourth-order valence-electron chi connectivity index (χ4n) is 2.72. The van der Waals surface area contributed by atoms with Gasteiger partial charge in [0.2, 0.25) is 11.8 Å². The van der Waals surface area contributed by atoms with E-state index < -0.39 is 6.10 Å². The molecule has 0 fully saturated rings. The first-order valence-corrected chi connectivity index (χ1v) is 9.90. The molecular weight excluding hydrogens is 413 g/mol. The normalized spacial score (nSPS) is 12.1. The largest absolute Gasteiger partial charge is 0.481 e. The van der Waals surface area contributed by atoms with E-state index in [1.165, 1.54) is 0 Å². The summed E-state index contributed by atoms with van der Waals surface area (Å²) in [6, 6.07) is 14.0. The number of carbonyl (C=O) groups excluding carboxylic acids is 1. The van der Waals surface area contributed by atoms with Gasteiger partial charge in [-0.05, 0) is 57.2 Å². The maximum absolute atomic E-state index is 13.0. The standard InChI is InChI=1S/C21H21Cl2N3O3/c1-13(2)26(21(27)14(3)28-16-10-8-15(22)9-11-16)12-19-24-25-20(29-19)17-6-4-5-7-18(17)23/h4-11,13-14H,12H2,1-3H3. The van der Waals surface area contributed by atoms with Gasteiger partial charge in [0.05, 0.1) is 17.1 Å². The minimum Gasteiger partial charge on any atom is -0.481 e. The van der Waals surface area contributed by atoms with Crippen molar-refractivity contribution < 1.29 is 13.9 Å². The first kappa shape index (κ1) is 21.1. The van der Waals surface area contributed by atoms with Gasteiger partial charge in [-0.3, -0.25) is 4.79 Å². The molecule has 0 N–H and O–H groups in total. The number of nitrogens with zero attached hydrogens (tertiary/aromatic N) is 3. The maximum Gasteiger partial charge on any atom is 0.264 e. The molecule has 6 nitrogen and oxygen atoms in total. The first-order chi connectivity index (χ1) is 13.8. The van der Waals surface area contributed by atoms with Crippen molar-refractivity contribution in [2.24, 2.45) is 0 Å². The fraction of sp³-hybridized carbons (Fsp3) is 0.286. The van der Waals surface area contributed by atoms with Gasteiger partial charge >= 0.3 is 0 Å². The summed E-state index contributed by atoms with van der Waals surface area (Å²) in [5.74, 6) is 1.01. The van der Waals surface area contributed by atoms with Gasteiger partial charge in [-0.2, -0.15) is 0 Å². The Bertz CT molecular complexity index is 973. The Morgan fingerprint density at radius 3 is 2.41 bits per heavy atom. The molecule has 0 saturated heterocycles. The molecule has 2 aromatic carbocycles. The zero-order chi connectivity index (χ0) is 21.0. The number of hydrogen-bond acceptors (Lipinski definition) is 5. The molecule has 1 atom stereocenters. The highest BCUT2D eigenvalue weighted by molar-refractivity contribution is 6.33. The molecule has 3 aromatic rings. The van der Waals surface area contributed by atoms with Gasteiger partial charge in [-0.15, -0.1) is 10.2 Å². The van der Waals surface area contributed by atoms with Crippen LogP contribution in [0.1, 0.15) is 26.7 Å². The Morgan fingerprint density at radius 1 is 1.07 bits per heavy atom. The quantitative estimate of drug-likeness (QED) is 0.508. The molecule has 0 spiro atoms. The highest BCUT2D eigenvalue weighted by atomic mass is 35.5. The van der Waals surface area contributed by atoms with Crippen LogP contribution in [-0.2, 0) is 11.3 Å². The summed E-state index contributed by atoms with van der Waals surface area (Å²) in [6.07, 6.45) is -0.690. The topological polar surface area (TPSA) is 68.5 Å². The molecule has 8 heteroatoms. The number of carbonyl (C=O) groups is 1. The van der Waals surface area contributed by atoms with Crippen LogP contribution in [0.25, 0.3) is 11.5 Å². The molecular formula is C21H21Cl2N3O3. The Morgan fingerprint density at radius 2 is 1.76 bits per heavy atom. The van der Waals surface area contributed by atoms with E-state index in [1.54, 1.807) is 48.2 Å². The van der Waals surface area contributed by atoms with Crippen LogP contribution >= 0.6 is 23.2 Å². The smallest absolute Gasteiger partial charge is 0.264 e. The Balaban J connectivity index is 1.72. The molecule has 0 saturated carbocycles. The van der Waals surface area contributed by atoms with Crippen LogP contribution in [0.5, 0.6) is 5.75 Å². The third-order valence-electron chi connectivity index (χ3n) is 4.26.